The lowest BCUT2D eigenvalue weighted by Crippen LogP contribution is -1.89. The summed E-state index contributed by atoms with van der Waals surface area (Å²) < 4.78 is 12.7. The number of carbonyl (C=O) groups excluding carboxylic acids is 1. The maximum absolute atomic E-state index is 12.7. The van der Waals surface area contributed by atoms with Gasteiger partial charge in [-0.15, -0.1) is 0 Å². The van der Waals surface area contributed by atoms with Crippen molar-refractivity contribution in [2.45, 2.75) is 6.42 Å². The monoisotopic (exact) mass is 188 g/mol. The van der Waals surface area contributed by atoms with Gasteiger partial charge in [-0.05, 0) is 6.07 Å². The molecule has 1 aromatic carbocycles. The first kappa shape index (κ1) is 9.00. The van der Waals surface area contributed by atoms with E-state index >= 15 is 0 Å². The van der Waals surface area contributed by atoms with Gasteiger partial charge in [0, 0.05) is 18.1 Å². The molecule has 0 saturated heterocycles. The van der Waals surface area contributed by atoms with E-state index in [1.165, 1.54) is 0 Å². The first-order chi connectivity index (χ1) is 5.65. The first-order valence-electron chi connectivity index (χ1n) is 3.25. The summed E-state index contributed by atoms with van der Waals surface area (Å²) in [6.45, 7) is 0. The summed E-state index contributed by atoms with van der Waals surface area (Å²) in [4.78, 5) is 10.1. The van der Waals surface area contributed by atoms with Crippen molar-refractivity contribution in [2.75, 3.05) is 0 Å². The van der Waals surface area contributed by atoms with Gasteiger partial charge in [-0.3, -0.25) is 0 Å². The molecule has 0 radical (unpaired) electrons. The Bertz CT molecular complexity index is 312. The molecule has 2 nitrogen and oxygen atoms in total. The number of phenolic OH excluding ortho intramolecular Hbond substituents is 1. The zero-order chi connectivity index (χ0) is 9.14. The highest BCUT2D eigenvalue weighted by molar-refractivity contribution is 6.30. The minimum Gasteiger partial charge on any atom is -0.508 e. The molecule has 0 aliphatic rings. The maximum Gasteiger partial charge on any atom is 0.142 e. The van der Waals surface area contributed by atoms with Crippen LogP contribution in [0.3, 0.4) is 0 Å². The molecule has 0 atom stereocenters. The van der Waals surface area contributed by atoms with Gasteiger partial charge >= 0.3 is 0 Å². The number of phenols is 1. The number of halogens is 2. The third-order valence-electron chi connectivity index (χ3n) is 1.42. The molecule has 0 bridgehead atoms. The van der Waals surface area contributed by atoms with Gasteiger partial charge in [0.05, 0.1) is 5.02 Å². The van der Waals surface area contributed by atoms with Crippen LogP contribution < -0.4 is 0 Å². The van der Waals surface area contributed by atoms with E-state index in [1.54, 1.807) is 0 Å². The van der Waals surface area contributed by atoms with Crippen LogP contribution in [0.1, 0.15) is 5.56 Å². The molecule has 1 rings (SSSR count). The predicted octanol–water partition coefficient (Wildman–Crippen LogP) is 1.93. The minimum absolute atomic E-state index is 0.0140. The number of benzene rings is 1. The van der Waals surface area contributed by atoms with Gasteiger partial charge in [-0.2, -0.15) is 0 Å². The van der Waals surface area contributed by atoms with E-state index in [2.05, 4.69) is 0 Å². The van der Waals surface area contributed by atoms with Gasteiger partial charge in [-0.25, -0.2) is 4.39 Å². The van der Waals surface area contributed by atoms with Crippen LogP contribution in [0, 0.1) is 5.82 Å². The average Bonchev–Trinajstić information content (AvgIpc) is 2.01. The Labute approximate surface area is 73.6 Å². The third kappa shape index (κ3) is 1.74. The smallest absolute Gasteiger partial charge is 0.142 e. The van der Waals surface area contributed by atoms with Gasteiger partial charge in [0.25, 0.3) is 0 Å². The Morgan fingerprint density at radius 3 is 2.83 bits per heavy atom. The second kappa shape index (κ2) is 3.54. The van der Waals surface area contributed by atoms with Crippen molar-refractivity contribution in [2.24, 2.45) is 0 Å². The molecule has 0 spiro atoms. The van der Waals surface area contributed by atoms with Crippen LogP contribution in [0.4, 0.5) is 4.39 Å². The molecule has 0 aromatic heterocycles. The van der Waals surface area contributed by atoms with Crippen molar-refractivity contribution < 1.29 is 14.3 Å². The lowest BCUT2D eigenvalue weighted by molar-refractivity contribution is -0.107. The Morgan fingerprint density at radius 1 is 1.58 bits per heavy atom. The van der Waals surface area contributed by atoms with E-state index < -0.39 is 5.82 Å². The van der Waals surface area contributed by atoms with E-state index in [-0.39, 0.29) is 22.8 Å². The summed E-state index contributed by atoms with van der Waals surface area (Å²) in [5.41, 5.74) is 0.243. The SMILES string of the molecule is O=CCc1cc(F)c(Cl)cc1O. The topological polar surface area (TPSA) is 37.3 Å². The summed E-state index contributed by atoms with van der Waals surface area (Å²) >= 11 is 5.36. The van der Waals surface area contributed by atoms with Crippen LogP contribution in [-0.4, -0.2) is 11.4 Å². The third-order valence-corrected chi connectivity index (χ3v) is 1.71. The highest BCUT2D eigenvalue weighted by Crippen LogP contribution is 2.24. The van der Waals surface area contributed by atoms with Crippen molar-refractivity contribution >= 4 is 17.9 Å². The van der Waals surface area contributed by atoms with Gasteiger partial charge < -0.3 is 9.90 Å². The second-order valence-electron chi connectivity index (χ2n) is 2.27. The molecular weight excluding hydrogens is 183 g/mol. The molecule has 0 amide bonds. The number of aldehydes is 1. The fraction of sp³-hybridized carbons (Fsp3) is 0.125. The van der Waals surface area contributed by atoms with Gasteiger partial charge in [0.1, 0.15) is 17.9 Å². The fourth-order valence-electron chi connectivity index (χ4n) is 0.831. The Morgan fingerprint density at radius 2 is 2.25 bits per heavy atom. The molecule has 0 unspecified atom stereocenters. The molecule has 12 heavy (non-hydrogen) atoms. The van der Waals surface area contributed by atoms with E-state index in [1.807, 2.05) is 0 Å². The molecular formula is C8H6ClFO2. The molecule has 4 heteroatoms. The Balaban J connectivity index is 3.13. The molecule has 0 saturated carbocycles. The van der Waals surface area contributed by atoms with Crippen molar-refractivity contribution in [3.63, 3.8) is 0 Å². The molecule has 0 aliphatic carbocycles. The summed E-state index contributed by atoms with van der Waals surface area (Å²) in [6, 6.07) is 2.13. The molecule has 0 aliphatic heterocycles. The quantitative estimate of drug-likeness (QED) is 0.720. The number of aromatic hydroxyl groups is 1. The molecule has 64 valence electrons. The van der Waals surface area contributed by atoms with Gasteiger partial charge in [-0.1, -0.05) is 11.6 Å². The van der Waals surface area contributed by atoms with Crippen LogP contribution in [-0.2, 0) is 11.2 Å². The number of carbonyl (C=O) groups is 1. The molecule has 0 heterocycles. The number of hydrogen-bond donors (Lipinski definition) is 1. The second-order valence-corrected chi connectivity index (χ2v) is 2.67. The van der Waals surface area contributed by atoms with Crippen LogP contribution >= 0.6 is 11.6 Å². The lowest BCUT2D eigenvalue weighted by atomic mass is 10.1. The zero-order valence-corrected chi connectivity index (χ0v) is 6.81. The van der Waals surface area contributed by atoms with E-state index in [9.17, 15) is 9.18 Å². The molecule has 1 N–H and O–H groups in total. The van der Waals surface area contributed by atoms with E-state index in [4.69, 9.17) is 16.7 Å². The van der Waals surface area contributed by atoms with Crippen LogP contribution in [0.5, 0.6) is 5.75 Å². The zero-order valence-electron chi connectivity index (χ0n) is 6.05. The summed E-state index contributed by atoms with van der Waals surface area (Å²) in [5, 5.41) is 8.99. The summed E-state index contributed by atoms with van der Waals surface area (Å²) in [6.07, 6.45) is 0.572. The summed E-state index contributed by atoms with van der Waals surface area (Å²) in [7, 11) is 0. The largest absolute Gasteiger partial charge is 0.508 e. The van der Waals surface area contributed by atoms with Crippen molar-refractivity contribution in [1.29, 1.82) is 0 Å². The van der Waals surface area contributed by atoms with Crippen molar-refractivity contribution in [1.82, 2.24) is 0 Å². The van der Waals surface area contributed by atoms with E-state index in [0.29, 0.717) is 6.29 Å². The lowest BCUT2D eigenvalue weighted by Gasteiger charge is -2.01. The van der Waals surface area contributed by atoms with Crippen LogP contribution in [0.25, 0.3) is 0 Å². The van der Waals surface area contributed by atoms with Crippen LogP contribution in [0.15, 0.2) is 12.1 Å². The molecule has 0 fully saturated rings. The predicted molar refractivity (Wildman–Crippen MR) is 42.8 cm³/mol. The number of hydrogen-bond acceptors (Lipinski definition) is 2. The highest BCUT2D eigenvalue weighted by atomic mass is 35.5. The highest BCUT2D eigenvalue weighted by Gasteiger charge is 2.06. The van der Waals surface area contributed by atoms with Crippen LogP contribution in [0.2, 0.25) is 5.02 Å². The van der Waals surface area contributed by atoms with Crippen molar-refractivity contribution in [3.05, 3.63) is 28.5 Å². The van der Waals surface area contributed by atoms with E-state index in [0.717, 1.165) is 12.1 Å². The number of rotatable bonds is 2. The van der Waals surface area contributed by atoms with Gasteiger partial charge in [0.2, 0.25) is 0 Å². The normalized spacial score (nSPS) is 9.83. The van der Waals surface area contributed by atoms with Gasteiger partial charge in [0.15, 0.2) is 0 Å². The Kier molecular flexibility index (Phi) is 2.65. The standard InChI is InChI=1S/C8H6ClFO2/c9-6-4-8(12)5(1-2-11)3-7(6)10/h2-4,12H,1H2. The first-order valence-corrected chi connectivity index (χ1v) is 3.63. The molecule has 1 aromatic rings. The summed E-state index contributed by atoms with van der Waals surface area (Å²) in [5.74, 6) is -0.792. The fourth-order valence-corrected chi connectivity index (χ4v) is 0.989. The Hall–Kier alpha value is -1.09. The maximum atomic E-state index is 12.7. The average molecular weight is 189 g/mol. The van der Waals surface area contributed by atoms with Crippen molar-refractivity contribution in [3.8, 4) is 5.75 Å². The minimum atomic E-state index is -0.633.